The van der Waals surface area contributed by atoms with Crippen molar-refractivity contribution in [2.45, 2.75) is 32.2 Å². The van der Waals surface area contributed by atoms with Gasteiger partial charge in [0.2, 0.25) is 5.56 Å². The van der Waals surface area contributed by atoms with E-state index in [1.54, 1.807) is 12.1 Å². The Morgan fingerprint density at radius 1 is 1.28 bits per heavy atom. The van der Waals surface area contributed by atoms with Crippen molar-refractivity contribution < 1.29 is 4.74 Å². The highest BCUT2D eigenvalue weighted by Gasteiger charge is 2.46. The van der Waals surface area contributed by atoms with Crippen LogP contribution in [-0.4, -0.2) is 17.8 Å². The number of ether oxygens (including phenoxy) is 1. The summed E-state index contributed by atoms with van der Waals surface area (Å²) < 4.78 is 5.56. The number of hydrogen-bond acceptors (Lipinski definition) is 3. The zero-order valence-electron chi connectivity index (χ0n) is 16.9. The highest BCUT2D eigenvalue weighted by molar-refractivity contribution is 5.81. The molecule has 0 fully saturated rings. The molecule has 2 aliphatic rings. The molecule has 1 aromatic heterocycles. The summed E-state index contributed by atoms with van der Waals surface area (Å²) in [5, 5.41) is 0. The van der Waals surface area contributed by atoms with Crippen LogP contribution in [0.2, 0.25) is 0 Å². The van der Waals surface area contributed by atoms with Crippen LogP contribution in [0.15, 0.2) is 82.1 Å². The quantitative estimate of drug-likeness (QED) is 0.597. The first-order valence-corrected chi connectivity index (χ1v) is 10.0. The number of allylic oxidation sites excluding steroid dienone is 2. The molecule has 0 aliphatic heterocycles. The highest BCUT2D eigenvalue weighted by atomic mass is 16.5. The van der Waals surface area contributed by atoms with E-state index in [0.29, 0.717) is 6.61 Å². The zero-order valence-corrected chi connectivity index (χ0v) is 16.9. The van der Waals surface area contributed by atoms with E-state index in [9.17, 15) is 4.79 Å². The van der Waals surface area contributed by atoms with Crippen molar-refractivity contribution in [2.75, 3.05) is 6.61 Å². The molecule has 2 atom stereocenters. The smallest absolute Gasteiger partial charge is 0.248 e. The van der Waals surface area contributed by atoms with Crippen molar-refractivity contribution >= 4 is 6.21 Å². The molecule has 1 N–H and O–H groups in total. The van der Waals surface area contributed by atoms with Gasteiger partial charge in [-0.1, -0.05) is 30.4 Å². The summed E-state index contributed by atoms with van der Waals surface area (Å²) in [5.41, 5.74) is 5.25. The maximum atomic E-state index is 11.9. The van der Waals surface area contributed by atoms with Crippen molar-refractivity contribution in [3.63, 3.8) is 0 Å². The molecular weight excluding hydrogens is 360 g/mol. The molecule has 0 spiro atoms. The Morgan fingerprint density at radius 2 is 2.07 bits per heavy atom. The number of H-pyrrole nitrogens is 1. The van der Waals surface area contributed by atoms with Crippen LogP contribution in [0.1, 0.15) is 37.1 Å². The minimum atomic E-state index is -0.464. The summed E-state index contributed by atoms with van der Waals surface area (Å²) in [7, 11) is 0. The largest absolute Gasteiger partial charge is 0.490 e. The van der Waals surface area contributed by atoms with Crippen LogP contribution < -0.4 is 10.3 Å². The van der Waals surface area contributed by atoms with E-state index in [1.165, 1.54) is 11.1 Å². The topological polar surface area (TPSA) is 54.4 Å². The van der Waals surface area contributed by atoms with Gasteiger partial charge >= 0.3 is 0 Å². The predicted octanol–water partition coefficient (Wildman–Crippen LogP) is 4.72. The van der Waals surface area contributed by atoms with Crippen LogP contribution in [0.3, 0.4) is 0 Å². The number of fused-ring (bicyclic) bond motifs is 4. The van der Waals surface area contributed by atoms with Gasteiger partial charge < -0.3 is 9.72 Å². The number of aromatic nitrogens is 1. The number of hydrogen-bond donors (Lipinski definition) is 1. The molecule has 1 heterocycles. The maximum Gasteiger partial charge on any atom is 0.248 e. The lowest BCUT2D eigenvalue weighted by molar-refractivity contribution is 0.363. The van der Waals surface area contributed by atoms with Crippen molar-refractivity contribution in [3.8, 4) is 5.75 Å². The first kappa shape index (κ1) is 19.2. The minimum absolute atomic E-state index is 0.0549. The number of aromatic amines is 1. The van der Waals surface area contributed by atoms with Crippen LogP contribution in [0, 0.1) is 5.92 Å². The Bertz CT molecular complexity index is 1070. The van der Waals surface area contributed by atoms with Crippen molar-refractivity contribution in [3.05, 3.63) is 99.5 Å². The molecule has 1 aromatic carbocycles. The zero-order chi connectivity index (χ0) is 20.4. The number of rotatable bonds is 5. The maximum absolute atomic E-state index is 11.9. The number of benzene rings is 1. The van der Waals surface area contributed by atoms with Gasteiger partial charge in [0, 0.05) is 35.9 Å². The lowest BCUT2D eigenvalue weighted by atomic mass is 9.63. The standard InChI is InChI=1S/C25H26N2O2/c1-4-12-29-20-8-6-18(7-9-20)16-26-25-15-17(3)13-19(21(25)5-2)14-23-22(25)10-11-24(28)27-23/h4-11,13,16,19H,1,12,14-15H2,2-3H3,(H,27,28)/b21-5+,26-16?/t19-,25+/m0/s1. The minimum Gasteiger partial charge on any atom is -0.490 e. The number of nitrogens with zero attached hydrogens (tertiary/aromatic N) is 1. The molecule has 0 saturated carbocycles. The summed E-state index contributed by atoms with van der Waals surface area (Å²) in [4.78, 5) is 20.1. The third-order valence-corrected chi connectivity index (χ3v) is 5.76. The van der Waals surface area contributed by atoms with Crippen molar-refractivity contribution in [1.29, 1.82) is 0 Å². The van der Waals surface area contributed by atoms with Gasteiger partial charge in [0.1, 0.15) is 17.9 Å². The van der Waals surface area contributed by atoms with E-state index >= 15 is 0 Å². The fraction of sp³-hybridized carbons (Fsp3) is 0.280. The summed E-state index contributed by atoms with van der Waals surface area (Å²) in [6.07, 6.45) is 9.83. The van der Waals surface area contributed by atoms with Gasteiger partial charge in [-0.2, -0.15) is 0 Å². The Hall–Kier alpha value is -3.14. The molecule has 148 valence electrons. The normalized spacial score (nSPS) is 24.3. The number of pyridine rings is 1. The van der Waals surface area contributed by atoms with E-state index in [1.807, 2.05) is 36.5 Å². The lowest BCUT2D eigenvalue weighted by Gasteiger charge is -2.45. The van der Waals surface area contributed by atoms with Crippen LogP contribution in [0.4, 0.5) is 0 Å². The average Bonchev–Trinajstić information content (AvgIpc) is 2.70. The Morgan fingerprint density at radius 3 is 2.79 bits per heavy atom. The van der Waals surface area contributed by atoms with Gasteiger partial charge in [-0.3, -0.25) is 9.79 Å². The second-order valence-electron chi connectivity index (χ2n) is 7.75. The molecule has 4 nitrogen and oxygen atoms in total. The van der Waals surface area contributed by atoms with Crippen LogP contribution in [0.5, 0.6) is 5.75 Å². The molecule has 0 amide bonds. The Balaban J connectivity index is 1.76. The van der Waals surface area contributed by atoms with Crippen molar-refractivity contribution in [2.24, 2.45) is 10.9 Å². The van der Waals surface area contributed by atoms with Crippen LogP contribution in [-0.2, 0) is 12.0 Å². The van der Waals surface area contributed by atoms with E-state index in [4.69, 9.17) is 9.73 Å². The third-order valence-electron chi connectivity index (χ3n) is 5.76. The molecule has 4 heteroatoms. The van der Waals surface area contributed by atoms with Gasteiger partial charge in [0.15, 0.2) is 0 Å². The molecule has 4 rings (SSSR count). The Labute approximate surface area is 171 Å². The first-order valence-electron chi connectivity index (χ1n) is 10.0. The van der Waals surface area contributed by atoms with Gasteiger partial charge in [-0.25, -0.2) is 0 Å². The predicted molar refractivity (Wildman–Crippen MR) is 118 cm³/mol. The van der Waals surface area contributed by atoms with Crippen LogP contribution >= 0.6 is 0 Å². The van der Waals surface area contributed by atoms with E-state index in [-0.39, 0.29) is 11.5 Å². The molecular formula is C25H26N2O2. The fourth-order valence-corrected chi connectivity index (χ4v) is 4.64. The highest BCUT2D eigenvalue weighted by Crippen LogP contribution is 2.51. The van der Waals surface area contributed by atoms with E-state index < -0.39 is 5.54 Å². The second-order valence-corrected chi connectivity index (χ2v) is 7.75. The molecule has 2 aliphatic carbocycles. The molecule has 2 aromatic rings. The SMILES string of the molecule is C=CCOc1ccc(C=N[C@@]23CC(C)=C[C@@H](Cc4[nH]c(=O)ccc42)/C3=C\C)cc1. The summed E-state index contributed by atoms with van der Waals surface area (Å²) >= 11 is 0. The molecule has 0 saturated heterocycles. The number of aliphatic imine (C=N–C) groups is 1. The Kier molecular flexibility index (Phi) is 5.10. The molecule has 2 bridgehead atoms. The monoisotopic (exact) mass is 386 g/mol. The summed E-state index contributed by atoms with van der Waals surface area (Å²) in [6, 6.07) is 11.5. The van der Waals surface area contributed by atoms with Gasteiger partial charge in [-0.15, -0.1) is 0 Å². The molecule has 0 radical (unpaired) electrons. The molecule has 29 heavy (non-hydrogen) atoms. The second kappa shape index (κ2) is 7.70. The van der Waals surface area contributed by atoms with Gasteiger partial charge in [0.25, 0.3) is 0 Å². The van der Waals surface area contributed by atoms with Gasteiger partial charge in [-0.05, 0) is 61.7 Å². The molecule has 0 unspecified atom stereocenters. The average molecular weight is 386 g/mol. The lowest BCUT2D eigenvalue weighted by Crippen LogP contribution is -2.40. The van der Waals surface area contributed by atoms with Crippen LogP contribution in [0.25, 0.3) is 0 Å². The van der Waals surface area contributed by atoms with E-state index in [0.717, 1.165) is 35.4 Å². The fourth-order valence-electron chi connectivity index (χ4n) is 4.64. The summed E-state index contributed by atoms with van der Waals surface area (Å²) in [6.45, 7) is 8.42. The number of nitrogens with one attached hydrogen (secondary N) is 1. The first-order chi connectivity index (χ1) is 14.1. The van der Waals surface area contributed by atoms with Crippen molar-refractivity contribution in [1.82, 2.24) is 4.98 Å². The summed E-state index contributed by atoms with van der Waals surface area (Å²) in [5.74, 6) is 1.08. The third kappa shape index (κ3) is 3.51. The van der Waals surface area contributed by atoms with Gasteiger partial charge in [0.05, 0.1) is 0 Å². The van der Waals surface area contributed by atoms with E-state index in [2.05, 4.69) is 37.6 Å².